The molecule has 1 saturated heterocycles. The van der Waals surface area contributed by atoms with E-state index in [0.717, 1.165) is 6.54 Å². The summed E-state index contributed by atoms with van der Waals surface area (Å²) < 4.78 is 0. The van der Waals surface area contributed by atoms with Crippen LogP contribution in [0.1, 0.15) is 20.8 Å². The van der Waals surface area contributed by atoms with Crippen molar-refractivity contribution < 1.29 is 9.90 Å². The van der Waals surface area contributed by atoms with E-state index in [4.69, 9.17) is 0 Å². The Morgan fingerprint density at radius 2 is 2.21 bits per heavy atom. The van der Waals surface area contributed by atoms with Gasteiger partial charge in [0.1, 0.15) is 0 Å². The number of hydrogen-bond acceptors (Lipinski definition) is 3. The van der Waals surface area contributed by atoms with Crippen LogP contribution in [-0.2, 0) is 4.79 Å². The summed E-state index contributed by atoms with van der Waals surface area (Å²) >= 11 is 0. The normalized spacial score (nSPS) is 28.4. The topological polar surface area (TPSA) is 52.6 Å². The molecule has 1 rings (SSSR count). The zero-order valence-electron chi connectivity index (χ0n) is 9.16. The molecule has 0 saturated carbocycles. The zero-order valence-corrected chi connectivity index (χ0v) is 9.16. The molecule has 0 aromatic carbocycles. The van der Waals surface area contributed by atoms with Crippen LogP contribution in [0.4, 0.5) is 0 Å². The molecule has 1 fully saturated rings. The van der Waals surface area contributed by atoms with Crippen molar-refractivity contribution >= 4 is 5.91 Å². The number of aliphatic hydroxyl groups excluding tert-OH is 1. The smallest absolute Gasteiger partial charge is 0.234 e. The van der Waals surface area contributed by atoms with E-state index < -0.39 is 0 Å². The first kappa shape index (κ1) is 11.5. The molecule has 0 spiro atoms. The number of aliphatic hydroxyl groups is 1. The van der Waals surface area contributed by atoms with Gasteiger partial charge in [-0.3, -0.25) is 9.69 Å². The van der Waals surface area contributed by atoms with Crippen LogP contribution in [0.3, 0.4) is 0 Å². The lowest BCUT2D eigenvalue weighted by Gasteiger charge is -2.15. The highest BCUT2D eigenvalue weighted by Gasteiger charge is 2.28. The summed E-state index contributed by atoms with van der Waals surface area (Å²) in [5.41, 5.74) is 0. The summed E-state index contributed by atoms with van der Waals surface area (Å²) in [4.78, 5) is 13.4. The SMILES string of the molecule is CC(C)NC(=O)CN1CC(C)C(O)C1. The Bertz CT molecular complexity index is 196. The molecule has 0 aromatic heterocycles. The second-order valence-corrected chi connectivity index (χ2v) is 4.46. The minimum atomic E-state index is -0.276. The third-order valence-corrected chi connectivity index (χ3v) is 2.47. The first-order chi connectivity index (χ1) is 6.49. The van der Waals surface area contributed by atoms with E-state index in [9.17, 15) is 9.90 Å². The molecule has 1 aliphatic rings. The van der Waals surface area contributed by atoms with E-state index >= 15 is 0 Å². The fourth-order valence-electron chi connectivity index (χ4n) is 1.75. The maximum absolute atomic E-state index is 11.4. The van der Waals surface area contributed by atoms with Crippen LogP contribution in [-0.4, -0.2) is 47.7 Å². The molecule has 2 unspecified atom stereocenters. The minimum absolute atomic E-state index is 0.0429. The summed E-state index contributed by atoms with van der Waals surface area (Å²) in [6, 6.07) is 0.187. The molecule has 4 nitrogen and oxygen atoms in total. The number of nitrogens with zero attached hydrogens (tertiary/aromatic N) is 1. The highest BCUT2D eigenvalue weighted by atomic mass is 16.3. The fourth-order valence-corrected chi connectivity index (χ4v) is 1.75. The number of rotatable bonds is 3. The van der Waals surface area contributed by atoms with Crippen molar-refractivity contribution in [2.24, 2.45) is 5.92 Å². The summed E-state index contributed by atoms with van der Waals surface area (Å²) in [7, 11) is 0. The molecule has 0 aliphatic carbocycles. The van der Waals surface area contributed by atoms with Gasteiger partial charge in [-0.25, -0.2) is 0 Å². The quantitative estimate of drug-likeness (QED) is 0.664. The standard InChI is InChI=1S/C10H20N2O2/c1-7(2)11-10(14)6-12-4-8(3)9(13)5-12/h7-9,13H,4-6H2,1-3H3,(H,11,14). The van der Waals surface area contributed by atoms with E-state index in [2.05, 4.69) is 5.32 Å². The molecule has 0 aromatic rings. The van der Waals surface area contributed by atoms with Crippen molar-refractivity contribution in [3.05, 3.63) is 0 Å². The Kier molecular flexibility index (Phi) is 3.89. The second-order valence-electron chi connectivity index (χ2n) is 4.46. The Balaban J connectivity index is 2.28. The van der Waals surface area contributed by atoms with Gasteiger partial charge in [0.2, 0.25) is 5.91 Å². The van der Waals surface area contributed by atoms with Gasteiger partial charge in [0.05, 0.1) is 12.6 Å². The van der Waals surface area contributed by atoms with Gasteiger partial charge in [-0.1, -0.05) is 6.92 Å². The van der Waals surface area contributed by atoms with Crippen molar-refractivity contribution in [1.29, 1.82) is 0 Å². The molecular formula is C10H20N2O2. The number of carbonyl (C=O) groups excluding carboxylic acids is 1. The van der Waals surface area contributed by atoms with Crippen molar-refractivity contribution in [3.8, 4) is 0 Å². The van der Waals surface area contributed by atoms with E-state index in [-0.39, 0.29) is 24.0 Å². The number of amides is 1. The average Bonchev–Trinajstić information content (AvgIpc) is 2.28. The molecule has 0 bridgehead atoms. The van der Waals surface area contributed by atoms with E-state index in [1.807, 2.05) is 25.7 Å². The van der Waals surface area contributed by atoms with Crippen LogP contribution in [0, 0.1) is 5.92 Å². The molecule has 0 radical (unpaired) electrons. The Hall–Kier alpha value is -0.610. The first-order valence-electron chi connectivity index (χ1n) is 5.19. The Morgan fingerprint density at radius 3 is 2.64 bits per heavy atom. The van der Waals surface area contributed by atoms with Gasteiger partial charge in [-0.15, -0.1) is 0 Å². The van der Waals surface area contributed by atoms with Gasteiger partial charge in [-0.2, -0.15) is 0 Å². The summed E-state index contributed by atoms with van der Waals surface area (Å²) in [6.07, 6.45) is -0.276. The molecule has 1 amide bonds. The van der Waals surface area contributed by atoms with Crippen LogP contribution < -0.4 is 5.32 Å². The highest BCUT2D eigenvalue weighted by molar-refractivity contribution is 5.78. The molecule has 14 heavy (non-hydrogen) atoms. The summed E-state index contributed by atoms with van der Waals surface area (Å²) in [5, 5.41) is 12.3. The van der Waals surface area contributed by atoms with Crippen LogP contribution in [0.2, 0.25) is 0 Å². The first-order valence-corrected chi connectivity index (χ1v) is 5.19. The lowest BCUT2D eigenvalue weighted by atomic mass is 10.1. The predicted octanol–water partition coefficient (Wildman–Crippen LogP) is -0.176. The van der Waals surface area contributed by atoms with Crippen LogP contribution in [0.5, 0.6) is 0 Å². The average molecular weight is 200 g/mol. The van der Waals surface area contributed by atoms with Crippen LogP contribution in [0.15, 0.2) is 0 Å². The molecule has 2 atom stereocenters. The summed E-state index contributed by atoms with van der Waals surface area (Å²) in [5.74, 6) is 0.322. The lowest BCUT2D eigenvalue weighted by Crippen LogP contribution is -2.39. The lowest BCUT2D eigenvalue weighted by molar-refractivity contribution is -0.122. The van der Waals surface area contributed by atoms with Gasteiger partial charge in [0.15, 0.2) is 0 Å². The Labute approximate surface area is 85.3 Å². The third-order valence-electron chi connectivity index (χ3n) is 2.47. The fraction of sp³-hybridized carbons (Fsp3) is 0.900. The molecule has 1 heterocycles. The minimum Gasteiger partial charge on any atom is -0.391 e. The van der Waals surface area contributed by atoms with Crippen molar-refractivity contribution in [2.45, 2.75) is 32.9 Å². The van der Waals surface area contributed by atoms with Crippen LogP contribution >= 0.6 is 0 Å². The van der Waals surface area contributed by atoms with Crippen molar-refractivity contribution in [2.75, 3.05) is 19.6 Å². The molecule has 82 valence electrons. The number of carbonyl (C=O) groups is 1. The van der Waals surface area contributed by atoms with Gasteiger partial charge in [-0.05, 0) is 19.8 Å². The molecule has 2 N–H and O–H groups in total. The van der Waals surface area contributed by atoms with Gasteiger partial charge >= 0.3 is 0 Å². The van der Waals surface area contributed by atoms with Gasteiger partial charge in [0, 0.05) is 19.1 Å². The van der Waals surface area contributed by atoms with E-state index in [0.29, 0.717) is 13.1 Å². The third kappa shape index (κ3) is 3.27. The number of β-amino-alcohol motifs (C(OH)–C–C–N with tert-alkyl or cyclic N) is 1. The second kappa shape index (κ2) is 4.75. The maximum Gasteiger partial charge on any atom is 0.234 e. The van der Waals surface area contributed by atoms with Gasteiger partial charge in [0.25, 0.3) is 0 Å². The molecule has 4 heteroatoms. The summed E-state index contributed by atoms with van der Waals surface area (Å²) in [6.45, 7) is 7.72. The van der Waals surface area contributed by atoms with E-state index in [1.54, 1.807) is 0 Å². The Morgan fingerprint density at radius 1 is 1.57 bits per heavy atom. The largest absolute Gasteiger partial charge is 0.391 e. The zero-order chi connectivity index (χ0) is 10.7. The van der Waals surface area contributed by atoms with E-state index in [1.165, 1.54) is 0 Å². The van der Waals surface area contributed by atoms with Gasteiger partial charge < -0.3 is 10.4 Å². The maximum atomic E-state index is 11.4. The highest BCUT2D eigenvalue weighted by Crippen LogP contribution is 2.15. The van der Waals surface area contributed by atoms with Crippen molar-refractivity contribution in [3.63, 3.8) is 0 Å². The molecule has 1 aliphatic heterocycles. The molecular weight excluding hydrogens is 180 g/mol. The van der Waals surface area contributed by atoms with Crippen LogP contribution in [0.25, 0.3) is 0 Å². The number of likely N-dealkylation sites (tertiary alicyclic amines) is 1. The predicted molar refractivity (Wildman–Crippen MR) is 54.9 cm³/mol. The number of hydrogen-bond donors (Lipinski definition) is 2. The number of nitrogens with one attached hydrogen (secondary N) is 1. The monoisotopic (exact) mass is 200 g/mol. The van der Waals surface area contributed by atoms with Crippen molar-refractivity contribution in [1.82, 2.24) is 10.2 Å².